The Kier molecular flexibility index (Phi) is 5.27. The topological polar surface area (TPSA) is 69.8 Å². The van der Waals surface area contributed by atoms with E-state index in [0.29, 0.717) is 28.9 Å². The smallest absolute Gasteiger partial charge is 0.176 e. The van der Waals surface area contributed by atoms with E-state index in [4.69, 9.17) is 16.3 Å². The van der Waals surface area contributed by atoms with E-state index in [-0.39, 0.29) is 0 Å². The van der Waals surface area contributed by atoms with E-state index in [1.54, 1.807) is 24.1 Å². The Morgan fingerprint density at radius 2 is 2.17 bits per heavy atom. The molecule has 1 atom stereocenters. The molecule has 126 valence electrons. The predicted molar refractivity (Wildman–Crippen MR) is 106 cm³/mol. The lowest BCUT2D eigenvalue weighted by Gasteiger charge is -2.13. The summed E-state index contributed by atoms with van der Waals surface area (Å²) in [5, 5.41) is 12.3. The summed E-state index contributed by atoms with van der Waals surface area (Å²) in [5.74, 6) is 1.81. The van der Waals surface area contributed by atoms with E-state index < -0.39 is 0 Å². The fraction of sp³-hybridized carbons (Fsp3) is 0.214. The van der Waals surface area contributed by atoms with Crippen molar-refractivity contribution < 1.29 is 4.74 Å². The Labute approximate surface area is 159 Å². The third kappa shape index (κ3) is 3.50. The highest BCUT2D eigenvalue weighted by molar-refractivity contribution is 14.2. The van der Waals surface area contributed by atoms with Crippen molar-refractivity contribution in [1.82, 2.24) is 24.3 Å². The average molecular weight is 477 g/mol. The minimum absolute atomic E-state index is 0.365. The van der Waals surface area contributed by atoms with Crippen LogP contribution in [-0.2, 0) is 7.05 Å². The highest BCUT2D eigenvalue weighted by Gasteiger charge is 2.17. The number of ether oxygens (including phenoxy) is 1. The summed E-state index contributed by atoms with van der Waals surface area (Å²) < 4.78 is 9.22. The number of rotatable bonds is 5. The number of aryl methyl sites for hydroxylation is 2. The maximum Gasteiger partial charge on any atom is 0.176 e. The molecule has 3 rings (SSSR count). The molecule has 0 amide bonds. The van der Waals surface area contributed by atoms with Gasteiger partial charge in [0.1, 0.15) is 5.15 Å². The molecule has 0 fully saturated rings. The van der Waals surface area contributed by atoms with Gasteiger partial charge in [0, 0.05) is 36.1 Å². The van der Waals surface area contributed by atoms with Crippen molar-refractivity contribution >= 4 is 51.7 Å². The molecule has 0 bridgehead atoms. The molecule has 0 radical (unpaired) electrons. The van der Waals surface area contributed by atoms with Crippen molar-refractivity contribution in [3.63, 3.8) is 0 Å². The van der Waals surface area contributed by atoms with Gasteiger partial charge in [-0.2, -0.15) is 10.2 Å². The zero-order valence-electron chi connectivity index (χ0n) is 13.2. The normalized spacial score (nSPS) is 11.4. The number of anilines is 2. The second kappa shape index (κ2) is 7.25. The highest BCUT2D eigenvalue weighted by atomic mass is 127. The van der Waals surface area contributed by atoms with Crippen LogP contribution in [0.4, 0.5) is 11.6 Å². The van der Waals surface area contributed by atoms with Crippen molar-refractivity contribution in [2.45, 2.75) is 6.92 Å². The fourth-order valence-corrected chi connectivity index (χ4v) is 4.31. The van der Waals surface area contributed by atoms with Crippen LogP contribution in [0.25, 0.3) is 11.1 Å². The first-order valence-corrected chi connectivity index (χ1v) is 11.4. The summed E-state index contributed by atoms with van der Waals surface area (Å²) in [4.78, 5) is 4.35. The lowest BCUT2D eigenvalue weighted by Crippen LogP contribution is -2.00. The van der Waals surface area contributed by atoms with Gasteiger partial charge in [-0.3, -0.25) is 4.68 Å². The lowest BCUT2D eigenvalue weighted by molar-refractivity contribution is 0.417. The lowest BCUT2D eigenvalue weighted by atomic mass is 10.1. The Bertz CT molecular complexity index is 880. The highest BCUT2D eigenvalue weighted by Crippen LogP contribution is 2.38. The number of aromatic nitrogens is 5. The maximum absolute atomic E-state index is 6.21. The van der Waals surface area contributed by atoms with Crippen molar-refractivity contribution in [3.8, 4) is 16.9 Å². The Hall–Kier alpha value is -1.38. The molecule has 3 aromatic heterocycles. The minimum Gasteiger partial charge on any atom is -0.492 e. The van der Waals surface area contributed by atoms with Gasteiger partial charge in [-0.05, 0) is 35.0 Å². The molecule has 0 spiro atoms. The third-order valence-electron chi connectivity index (χ3n) is 3.38. The molecule has 10 heteroatoms. The molecule has 3 aromatic rings. The van der Waals surface area contributed by atoms with E-state index in [2.05, 4.69) is 42.5 Å². The SMILES string of the molecule is COc1c(-c2cnn(C)c2)cc(Cl)nc1Nc1cc(C)n(PI)n1. The van der Waals surface area contributed by atoms with Gasteiger partial charge in [0.05, 0.1) is 19.7 Å². The summed E-state index contributed by atoms with van der Waals surface area (Å²) in [5.41, 5.74) is 2.79. The Balaban J connectivity index is 2.05. The average Bonchev–Trinajstić information content (AvgIpc) is 3.12. The van der Waals surface area contributed by atoms with Crippen LogP contribution in [0, 0.1) is 6.92 Å². The summed E-state index contributed by atoms with van der Waals surface area (Å²) in [7, 11) is 3.46. The van der Waals surface area contributed by atoms with Gasteiger partial charge >= 0.3 is 0 Å². The number of hydrogen-bond acceptors (Lipinski definition) is 5. The van der Waals surface area contributed by atoms with Crippen LogP contribution in [0.2, 0.25) is 5.15 Å². The van der Waals surface area contributed by atoms with Crippen LogP contribution >= 0.6 is 40.0 Å². The molecule has 24 heavy (non-hydrogen) atoms. The van der Waals surface area contributed by atoms with E-state index in [9.17, 15) is 0 Å². The van der Waals surface area contributed by atoms with Gasteiger partial charge in [0.2, 0.25) is 0 Å². The molecule has 0 aliphatic heterocycles. The molecule has 0 saturated heterocycles. The summed E-state index contributed by atoms with van der Waals surface area (Å²) >= 11 is 8.49. The summed E-state index contributed by atoms with van der Waals surface area (Å²) in [6.45, 7) is 2.01. The third-order valence-corrected chi connectivity index (χ3v) is 5.55. The quantitative estimate of drug-likeness (QED) is 0.340. The van der Waals surface area contributed by atoms with Gasteiger partial charge in [-0.1, -0.05) is 11.6 Å². The molecule has 1 unspecified atom stereocenters. The van der Waals surface area contributed by atoms with Crippen molar-refractivity contribution in [2.24, 2.45) is 7.05 Å². The van der Waals surface area contributed by atoms with Gasteiger partial charge in [0.15, 0.2) is 17.4 Å². The fourth-order valence-electron chi connectivity index (χ4n) is 2.31. The zero-order valence-corrected chi connectivity index (χ0v) is 17.1. The van der Waals surface area contributed by atoms with Crippen LogP contribution < -0.4 is 10.1 Å². The van der Waals surface area contributed by atoms with Crippen LogP contribution in [0.15, 0.2) is 24.5 Å². The maximum atomic E-state index is 6.21. The number of methoxy groups -OCH3 is 1. The molecule has 0 saturated carbocycles. The van der Waals surface area contributed by atoms with Crippen LogP contribution in [0.3, 0.4) is 0 Å². The number of halogens is 2. The summed E-state index contributed by atoms with van der Waals surface area (Å²) in [6.07, 6.45) is 4.19. The van der Waals surface area contributed by atoms with Gasteiger partial charge in [-0.25, -0.2) is 9.44 Å². The number of hydrogen-bond donors (Lipinski definition) is 1. The first-order valence-electron chi connectivity index (χ1n) is 6.95. The molecule has 0 aliphatic carbocycles. The van der Waals surface area contributed by atoms with E-state index in [1.165, 1.54) is 0 Å². The van der Waals surface area contributed by atoms with Crippen LogP contribution in [0.5, 0.6) is 5.75 Å². The second-order valence-corrected chi connectivity index (χ2v) is 7.50. The second-order valence-electron chi connectivity index (χ2n) is 5.07. The molecule has 7 nitrogen and oxygen atoms in total. The monoisotopic (exact) mass is 476 g/mol. The zero-order chi connectivity index (χ0) is 17.3. The Morgan fingerprint density at radius 3 is 2.75 bits per heavy atom. The van der Waals surface area contributed by atoms with E-state index in [1.807, 2.05) is 30.7 Å². The molecule has 1 N–H and O–H groups in total. The summed E-state index contributed by atoms with van der Waals surface area (Å²) in [6, 6.07) is 3.72. The van der Waals surface area contributed by atoms with E-state index >= 15 is 0 Å². The molecule has 0 aromatic carbocycles. The standard InChI is InChI=1S/C14H15ClIN6OP/c1-8-4-12(20-22(8)24-16)19-14-13(23-3)10(5-11(15)18-14)9-6-17-21(2)7-9/h4-7,24H,1-3H3,(H,18,19,20). The molecular formula is C14H15ClIN6OP. The van der Waals surface area contributed by atoms with Gasteiger partial charge < -0.3 is 10.1 Å². The first-order chi connectivity index (χ1) is 11.5. The first kappa shape index (κ1) is 17.4. The minimum atomic E-state index is 0.365. The number of pyridine rings is 1. The molecular weight excluding hydrogens is 462 g/mol. The predicted octanol–water partition coefficient (Wildman–Crippen LogP) is 4.18. The number of nitrogens with one attached hydrogen (secondary N) is 1. The van der Waals surface area contributed by atoms with Crippen molar-refractivity contribution in [2.75, 3.05) is 12.4 Å². The van der Waals surface area contributed by atoms with E-state index in [0.717, 1.165) is 16.8 Å². The Morgan fingerprint density at radius 1 is 1.38 bits per heavy atom. The van der Waals surface area contributed by atoms with Crippen molar-refractivity contribution in [3.05, 3.63) is 35.4 Å². The van der Waals surface area contributed by atoms with Crippen molar-refractivity contribution in [1.29, 1.82) is 0 Å². The van der Waals surface area contributed by atoms with Crippen LogP contribution in [-0.4, -0.2) is 31.4 Å². The van der Waals surface area contributed by atoms with Gasteiger partial charge in [0.25, 0.3) is 0 Å². The number of nitrogens with zero attached hydrogens (tertiary/aromatic N) is 5. The largest absolute Gasteiger partial charge is 0.492 e. The van der Waals surface area contributed by atoms with Gasteiger partial charge in [-0.15, -0.1) is 0 Å². The van der Waals surface area contributed by atoms with Crippen LogP contribution in [0.1, 0.15) is 5.69 Å². The molecule has 3 heterocycles. The molecule has 0 aliphatic rings.